The molecule has 0 atom stereocenters. The maximum absolute atomic E-state index is 15.2. The van der Waals surface area contributed by atoms with Gasteiger partial charge >= 0.3 is 35.8 Å². The molecule has 0 aliphatic rings. The fourth-order valence-corrected chi connectivity index (χ4v) is 5.97. The average molecular weight is 693 g/mol. The van der Waals surface area contributed by atoms with Crippen LogP contribution in [0.1, 0.15) is 83.0 Å². The molecule has 2 heterocycles. The van der Waals surface area contributed by atoms with E-state index in [0.29, 0.717) is 13.1 Å². The average Bonchev–Trinajstić information content (AvgIpc) is 3.58. The summed E-state index contributed by atoms with van der Waals surface area (Å²) in [6, 6.07) is 5.24. The van der Waals surface area contributed by atoms with Crippen molar-refractivity contribution >= 4 is 23.2 Å². The van der Waals surface area contributed by atoms with Crippen molar-refractivity contribution in [1.29, 1.82) is 0 Å². The van der Waals surface area contributed by atoms with Crippen molar-refractivity contribution in [2.24, 2.45) is 14.1 Å². The number of benzene rings is 2. The number of imidazole rings is 2. The molecule has 0 bridgehead atoms. The van der Waals surface area contributed by atoms with E-state index in [0.717, 1.165) is 62.1 Å². The van der Waals surface area contributed by atoms with E-state index in [-0.39, 0.29) is 34.2 Å². The second kappa shape index (κ2) is 14.5. The summed E-state index contributed by atoms with van der Waals surface area (Å²) in [4.78, 5) is 26.8. The molecule has 0 fully saturated rings. The number of hydrogen-bond donors (Lipinski definition) is 2. The topological polar surface area (TPSA) is 75.8 Å². The van der Waals surface area contributed by atoms with Gasteiger partial charge in [-0.25, -0.2) is 18.3 Å². The highest BCUT2D eigenvalue weighted by atomic mass is 19.4. The molecule has 0 unspecified atom stereocenters. The zero-order valence-electron chi connectivity index (χ0n) is 28.4. The Labute approximate surface area is 281 Å². The molecule has 0 aliphatic carbocycles. The summed E-state index contributed by atoms with van der Waals surface area (Å²) in [6.07, 6.45) is -1.93. The third-order valence-electron chi connectivity index (χ3n) is 8.75. The summed E-state index contributed by atoms with van der Waals surface area (Å²) in [6.45, 7) is 7.91. The molecule has 2 amide bonds. The van der Waals surface area contributed by atoms with Crippen LogP contribution in [0, 0.1) is 13.8 Å². The van der Waals surface area contributed by atoms with E-state index in [1.54, 1.807) is 48.0 Å². The van der Waals surface area contributed by atoms with Gasteiger partial charge in [0, 0.05) is 11.4 Å². The monoisotopic (exact) mass is 692 g/mol. The number of rotatable bonds is 12. The predicted octanol–water partition coefficient (Wildman–Crippen LogP) is 7.07. The highest BCUT2D eigenvalue weighted by Crippen LogP contribution is 2.57. The van der Waals surface area contributed by atoms with Crippen LogP contribution in [-0.4, -0.2) is 33.3 Å². The lowest BCUT2D eigenvalue weighted by atomic mass is 9.72. The maximum atomic E-state index is 15.2. The van der Waals surface area contributed by atoms with Gasteiger partial charge in [0.05, 0.1) is 27.2 Å². The minimum absolute atomic E-state index is 0.185. The van der Waals surface area contributed by atoms with Gasteiger partial charge in [0.25, 0.3) is 0 Å². The van der Waals surface area contributed by atoms with Gasteiger partial charge in [0.15, 0.2) is 0 Å². The van der Waals surface area contributed by atoms with E-state index in [1.807, 2.05) is 13.8 Å². The summed E-state index contributed by atoms with van der Waals surface area (Å²) < 4.78 is 97.7. The van der Waals surface area contributed by atoms with Gasteiger partial charge in [-0.05, 0) is 61.1 Å². The smallest absolute Gasteiger partial charge is 0.315 e. The van der Waals surface area contributed by atoms with Gasteiger partial charge in [-0.3, -0.25) is 9.59 Å². The first-order valence-electron chi connectivity index (χ1n) is 16.1. The number of alkyl halides is 6. The summed E-state index contributed by atoms with van der Waals surface area (Å²) in [7, 11) is 3.24. The molecule has 49 heavy (non-hydrogen) atoms. The van der Waals surface area contributed by atoms with Gasteiger partial charge in [-0.1, -0.05) is 51.0 Å². The Morgan fingerprint density at radius 2 is 1.04 bits per heavy atom. The van der Waals surface area contributed by atoms with E-state index in [9.17, 15) is 9.59 Å². The van der Waals surface area contributed by atoms with Gasteiger partial charge < -0.3 is 10.6 Å². The van der Waals surface area contributed by atoms with Crippen molar-refractivity contribution < 1.29 is 45.1 Å². The normalized spacial score (nSPS) is 12.3. The number of carbonyl (C=O) groups excluding carboxylic acids is 2. The predicted molar refractivity (Wildman–Crippen MR) is 172 cm³/mol. The number of halogens is 6. The van der Waals surface area contributed by atoms with Crippen LogP contribution in [0.4, 0.5) is 37.7 Å². The number of carbonyl (C=O) groups is 2. The Balaban J connectivity index is 1.83. The second-order valence-electron chi connectivity index (χ2n) is 12.3. The minimum atomic E-state index is -5.89. The highest BCUT2D eigenvalue weighted by Gasteiger charge is 2.72. The molecule has 2 N–H and O–H groups in total. The standard InChI is InChI=1S/C35H40F6N6O2/c1-7-9-15-46-19-17-44(5)31(46)29(48)42-27-21-25(13-11-23(27)3)33(34(36,37)38,35(39,40)41)26-14-12-24(4)28(22-26)43-30(49)32-45(6)18-20-47(32)16-10-8-2/h11-14,17-22H,7-10,15-16H2,1-6H3/p+2. The van der Waals surface area contributed by atoms with Crippen LogP contribution in [0.15, 0.2) is 61.2 Å². The molecule has 8 nitrogen and oxygen atoms in total. The lowest BCUT2D eigenvalue weighted by Gasteiger charge is -2.39. The molecule has 0 aliphatic heterocycles. The van der Waals surface area contributed by atoms with E-state index < -0.39 is 40.7 Å². The number of aromatic nitrogens is 4. The number of anilines is 2. The van der Waals surface area contributed by atoms with Crippen LogP contribution in [0.25, 0.3) is 0 Å². The van der Waals surface area contributed by atoms with Crippen molar-refractivity contribution in [2.45, 2.75) is 84.2 Å². The van der Waals surface area contributed by atoms with Crippen molar-refractivity contribution in [2.75, 3.05) is 10.6 Å². The summed E-state index contributed by atoms with van der Waals surface area (Å²) in [5.74, 6) is -1.01. The molecule has 2 aromatic heterocycles. The Hall–Kier alpha value is -4.62. The highest BCUT2D eigenvalue weighted by molar-refractivity contribution is 6.02. The molecule has 0 saturated carbocycles. The number of amides is 2. The number of unbranched alkanes of at least 4 members (excludes halogenated alkanes) is 2. The summed E-state index contributed by atoms with van der Waals surface area (Å²) >= 11 is 0. The molecule has 2 aromatic carbocycles. The van der Waals surface area contributed by atoms with Crippen LogP contribution >= 0.6 is 0 Å². The molecule has 4 aromatic rings. The maximum Gasteiger partial charge on any atom is 0.411 e. The fourth-order valence-electron chi connectivity index (χ4n) is 5.97. The first kappa shape index (κ1) is 37.2. The third kappa shape index (κ3) is 7.23. The lowest BCUT2D eigenvalue weighted by Crippen LogP contribution is -2.54. The van der Waals surface area contributed by atoms with Crippen LogP contribution in [0.2, 0.25) is 0 Å². The SMILES string of the molecule is CCCCn1cc[n+](C)c1C(=O)Nc1cc(C(c2ccc(C)c(NC(=O)c3n(CCCC)cc[n+]3C)c2)(C(F)(F)F)C(F)(F)F)ccc1C. The first-order chi connectivity index (χ1) is 23.0. The van der Waals surface area contributed by atoms with E-state index in [1.165, 1.54) is 23.0 Å². The quantitative estimate of drug-likeness (QED) is 0.123. The molecule has 4 rings (SSSR count). The summed E-state index contributed by atoms with van der Waals surface area (Å²) in [5, 5.41) is 5.09. The lowest BCUT2D eigenvalue weighted by molar-refractivity contribution is -0.673. The Kier molecular flexibility index (Phi) is 11.0. The van der Waals surface area contributed by atoms with Gasteiger partial charge in [0.1, 0.15) is 24.8 Å². The zero-order valence-corrected chi connectivity index (χ0v) is 28.4. The zero-order chi connectivity index (χ0) is 36.3. The van der Waals surface area contributed by atoms with Crippen molar-refractivity contribution in [3.8, 4) is 0 Å². The van der Waals surface area contributed by atoms with Crippen LogP contribution in [0.5, 0.6) is 0 Å². The summed E-state index contributed by atoms with van der Waals surface area (Å²) in [5.41, 5.74) is -6.67. The third-order valence-corrected chi connectivity index (χ3v) is 8.75. The van der Waals surface area contributed by atoms with Crippen LogP contribution in [-0.2, 0) is 32.6 Å². The van der Waals surface area contributed by atoms with Crippen LogP contribution in [0.3, 0.4) is 0 Å². The largest absolute Gasteiger partial charge is 0.411 e. The molecule has 0 saturated heterocycles. The van der Waals surface area contributed by atoms with Crippen LogP contribution < -0.4 is 19.8 Å². The van der Waals surface area contributed by atoms with Gasteiger partial charge in [-0.2, -0.15) is 26.3 Å². The molecule has 264 valence electrons. The molecule has 0 spiro atoms. The van der Waals surface area contributed by atoms with E-state index in [4.69, 9.17) is 0 Å². The Bertz CT molecular complexity index is 1690. The fraction of sp³-hybridized carbons (Fsp3) is 0.429. The minimum Gasteiger partial charge on any atom is -0.315 e. The number of nitrogens with zero attached hydrogens (tertiary/aromatic N) is 4. The Morgan fingerprint density at radius 1 is 0.673 bits per heavy atom. The number of aryl methyl sites for hydroxylation is 6. The van der Waals surface area contributed by atoms with Gasteiger partial charge in [0.2, 0.25) is 5.41 Å². The molecule has 0 radical (unpaired) electrons. The molecular weight excluding hydrogens is 650 g/mol. The Morgan fingerprint density at radius 3 is 1.37 bits per heavy atom. The van der Waals surface area contributed by atoms with E-state index >= 15 is 26.3 Å². The first-order valence-corrected chi connectivity index (χ1v) is 16.1. The van der Waals surface area contributed by atoms with Crippen molar-refractivity contribution in [3.05, 3.63) is 95.1 Å². The second-order valence-corrected chi connectivity index (χ2v) is 12.3. The van der Waals surface area contributed by atoms with E-state index in [2.05, 4.69) is 10.6 Å². The molecular formula is C35H42F6N6O2+2. The number of nitrogens with one attached hydrogen (secondary N) is 2. The molecule has 14 heteroatoms. The number of hydrogen-bond acceptors (Lipinski definition) is 2. The van der Waals surface area contributed by atoms with Gasteiger partial charge in [-0.15, -0.1) is 0 Å². The van der Waals surface area contributed by atoms with Crippen molar-refractivity contribution in [3.63, 3.8) is 0 Å². The van der Waals surface area contributed by atoms with Crippen molar-refractivity contribution in [1.82, 2.24) is 9.13 Å².